The second-order valence-corrected chi connectivity index (χ2v) is 5.98. The van der Waals surface area contributed by atoms with Gasteiger partial charge in [0.2, 0.25) is 0 Å². The van der Waals surface area contributed by atoms with Crippen molar-refractivity contribution < 1.29 is 17.6 Å². The number of aromatic nitrogens is 2. The summed E-state index contributed by atoms with van der Waals surface area (Å²) in [5.74, 6) is -0.534. The molecule has 0 aliphatic heterocycles. The number of hydrogen-bond acceptors (Lipinski definition) is 1. The first-order valence-electron chi connectivity index (χ1n) is 5.99. The predicted molar refractivity (Wildman–Crippen MR) is 73.2 cm³/mol. The Labute approximate surface area is 125 Å². The molecule has 1 aliphatic rings. The molecule has 0 spiro atoms. The molecule has 1 fully saturated rings. The van der Waals surface area contributed by atoms with E-state index in [4.69, 9.17) is 0 Å². The largest absolute Gasteiger partial charge is 0.435 e. The zero-order chi connectivity index (χ0) is 14.5. The van der Waals surface area contributed by atoms with E-state index in [1.165, 1.54) is 12.1 Å². The van der Waals surface area contributed by atoms with Crippen LogP contribution in [-0.2, 0) is 6.18 Å². The predicted octanol–water partition coefficient (Wildman–Crippen LogP) is 4.51. The molecule has 1 saturated carbocycles. The summed E-state index contributed by atoms with van der Waals surface area (Å²) in [4.78, 5) is 0. The van der Waals surface area contributed by atoms with Crippen molar-refractivity contribution in [3.8, 4) is 5.69 Å². The molecule has 1 heterocycles. The number of halogens is 5. The molecule has 0 bridgehead atoms. The molecule has 1 aromatic heterocycles. The molecule has 2 nitrogen and oxygen atoms in total. The Hall–Kier alpha value is -1.12. The van der Waals surface area contributed by atoms with Crippen LogP contribution < -0.4 is 0 Å². The van der Waals surface area contributed by atoms with Crippen molar-refractivity contribution in [2.75, 3.05) is 0 Å². The van der Waals surface area contributed by atoms with E-state index < -0.39 is 17.7 Å². The van der Waals surface area contributed by atoms with Crippen LogP contribution in [0.2, 0.25) is 0 Å². The third-order valence-corrected chi connectivity index (χ3v) is 3.83. The standard InChI is InChI=1S/C13H9F4IN2/c14-9-5-8(18)3-4-10(9)20-11(7-1-2-7)6-12(19-20)13(15,16)17/h3-7H,1-2H2. The van der Waals surface area contributed by atoms with E-state index in [2.05, 4.69) is 5.10 Å². The molecular formula is C13H9F4IN2. The van der Waals surface area contributed by atoms with Crippen molar-refractivity contribution in [1.29, 1.82) is 0 Å². The maximum atomic E-state index is 14.0. The Morgan fingerprint density at radius 1 is 1.20 bits per heavy atom. The van der Waals surface area contributed by atoms with Crippen LogP contribution >= 0.6 is 22.6 Å². The molecule has 20 heavy (non-hydrogen) atoms. The Bertz CT molecular complexity index is 659. The fourth-order valence-corrected chi connectivity index (χ4v) is 2.50. The van der Waals surface area contributed by atoms with Crippen LogP contribution in [0.1, 0.15) is 30.1 Å². The van der Waals surface area contributed by atoms with Crippen LogP contribution in [0, 0.1) is 9.39 Å². The summed E-state index contributed by atoms with van der Waals surface area (Å²) in [6.07, 6.45) is -2.89. The Balaban J connectivity index is 2.14. The van der Waals surface area contributed by atoms with Gasteiger partial charge in [0.1, 0.15) is 11.5 Å². The highest BCUT2D eigenvalue weighted by Crippen LogP contribution is 2.43. The maximum absolute atomic E-state index is 14.0. The van der Waals surface area contributed by atoms with Gasteiger partial charge in [-0.2, -0.15) is 18.3 Å². The lowest BCUT2D eigenvalue weighted by molar-refractivity contribution is -0.141. The number of hydrogen-bond donors (Lipinski definition) is 0. The van der Waals surface area contributed by atoms with Gasteiger partial charge in [-0.05, 0) is 59.7 Å². The highest BCUT2D eigenvalue weighted by atomic mass is 127. The van der Waals surface area contributed by atoms with Crippen molar-refractivity contribution in [3.05, 3.63) is 45.0 Å². The highest BCUT2D eigenvalue weighted by Gasteiger charge is 2.38. The number of nitrogens with zero attached hydrogens (tertiary/aromatic N) is 2. The van der Waals surface area contributed by atoms with Gasteiger partial charge >= 0.3 is 6.18 Å². The SMILES string of the molecule is Fc1cc(I)ccc1-n1nc(C(F)(F)F)cc1C1CC1. The van der Waals surface area contributed by atoms with Crippen LogP contribution in [-0.4, -0.2) is 9.78 Å². The zero-order valence-corrected chi connectivity index (χ0v) is 12.2. The van der Waals surface area contributed by atoms with E-state index in [1.54, 1.807) is 6.07 Å². The summed E-state index contributed by atoms with van der Waals surface area (Å²) in [6.45, 7) is 0. The maximum Gasteiger partial charge on any atom is 0.435 e. The minimum atomic E-state index is -4.52. The summed E-state index contributed by atoms with van der Waals surface area (Å²) in [7, 11) is 0. The van der Waals surface area contributed by atoms with Gasteiger partial charge in [0, 0.05) is 15.2 Å². The molecule has 106 valence electrons. The fourth-order valence-electron chi connectivity index (χ4n) is 2.05. The van der Waals surface area contributed by atoms with E-state index in [-0.39, 0.29) is 11.6 Å². The summed E-state index contributed by atoms with van der Waals surface area (Å²) < 4.78 is 54.1. The Kier molecular flexibility index (Phi) is 3.26. The average molecular weight is 396 g/mol. The second-order valence-electron chi connectivity index (χ2n) is 4.73. The Morgan fingerprint density at radius 2 is 1.90 bits per heavy atom. The van der Waals surface area contributed by atoms with Gasteiger partial charge in [0.05, 0.1) is 0 Å². The van der Waals surface area contributed by atoms with E-state index in [0.29, 0.717) is 9.26 Å². The first kappa shape index (κ1) is 13.8. The Morgan fingerprint density at radius 3 is 2.45 bits per heavy atom. The number of alkyl halides is 3. The summed E-state index contributed by atoms with van der Waals surface area (Å²) >= 11 is 1.94. The molecule has 2 aromatic rings. The van der Waals surface area contributed by atoms with Gasteiger partial charge in [-0.3, -0.25) is 0 Å². The first-order valence-corrected chi connectivity index (χ1v) is 7.07. The molecule has 0 N–H and O–H groups in total. The van der Waals surface area contributed by atoms with E-state index >= 15 is 0 Å². The van der Waals surface area contributed by atoms with Gasteiger partial charge in [0.15, 0.2) is 5.69 Å². The smallest absolute Gasteiger partial charge is 0.234 e. The van der Waals surface area contributed by atoms with Gasteiger partial charge in [-0.15, -0.1) is 0 Å². The highest BCUT2D eigenvalue weighted by molar-refractivity contribution is 14.1. The zero-order valence-electron chi connectivity index (χ0n) is 10.1. The van der Waals surface area contributed by atoms with Crippen LogP contribution in [0.5, 0.6) is 0 Å². The molecule has 0 radical (unpaired) electrons. The minimum absolute atomic E-state index is 0.0391. The third kappa shape index (κ3) is 2.55. The summed E-state index contributed by atoms with van der Waals surface area (Å²) in [5, 5.41) is 3.55. The molecule has 0 amide bonds. The van der Waals surface area contributed by atoms with Crippen molar-refractivity contribution >= 4 is 22.6 Å². The normalized spacial score (nSPS) is 15.7. The molecular weight excluding hydrogens is 387 g/mol. The number of rotatable bonds is 2. The molecule has 1 aliphatic carbocycles. The quantitative estimate of drug-likeness (QED) is 0.540. The van der Waals surface area contributed by atoms with E-state index in [1.807, 2.05) is 22.6 Å². The van der Waals surface area contributed by atoms with Crippen molar-refractivity contribution in [1.82, 2.24) is 9.78 Å². The molecule has 3 rings (SSSR count). The van der Waals surface area contributed by atoms with Crippen molar-refractivity contribution in [2.24, 2.45) is 0 Å². The second kappa shape index (κ2) is 4.71. The van der Waals surface area contributed by atoms with E-state index in [0.717, 1.165) is 23.6 Å². The van der Waals surface area contributed by atoms with Crippen molar-refractivity contribution in [3.63, 3.8) is 0 Å². The monoisotopic (exact) mass is 396 g/mol. The van der Waals surface area contributed by atoms with E-state index in [9.17, 15) is 17.6 Å². The lowest BCUT2D eigenvalue weighted by Crippen LogP contribution is -2.08. The summed E-state index contributed by atoms with van der Waals surface area (Å²) in [5.41, 5.74) is -0.488. The lowest BCUT2D eigenvalue weighted by Gasteiger charge is -2.08. The molecule has 0 saturated heterocycles. The third-order valence-electron chi connectivity index (χ3n) is 3.16. The average Bonchev–Trinajstić information content (AvgIpc) is 3.08. The molecule has 0 atom stereocenters. The number of benzene rings is 1. The van der Waals surface area contributed by atoms with Gasteiger partial charge in [-0.1, -0.05) is 0 Å². The van der Waals surface area contributed by atoms with Gasteiger partial charge < -0.3 is 0 Å². The van der Waals surface area contributed by atoms with Crippen LogP contribution in [0.15, 0.2) is 24.3 Å². The minimum Gasteiger partial charge on any atom is -0.234 e. The van der Waals surface area contributed by atoms with Crippen molar-refractivity contribution in [2.45, 2.75) is 24.9 Å². The fraction of sp³-hybridized carbons (Fsp3) is 0.308. The van der Waals surface area contributed by atoms with Crippen LogP contribution in [0.4, 0.5) is 17.6 Å². The first-order chi connectivity index (χ1) is 9.36. The van der Waals surface area contributed by atoms with Crippen LogP contribution in [0.3, 0.4) is 0 Å². The van der Waals surface area contributed by atoms with Crippen LogP contribution in [0.25, 0.3) is 5.69 Å². The lowest BCUT2D eigenvalue weighted by atomic mass is 10.2. The summed E-state index contributed by atoms with van der Waals surface area (Å²) in [6, 6.07) is 5.40. The topological polar surface area (TPSA) is 17.8 Å². The van der Waals surface area contributed by atoms with Gasteiger partial charge in [-0.25, -0.2) is 9.07 Å². The van der Waals surface area contributed by atoms with Gasteiger partial charge in [0.25, 0.3) is 0 Å². The molecule has 0 unspecified atom stereocenters. The molecule has 1 aromatic carbocycles. The molecule has 7 heteroatoms.